The number of benzene rings is 1. The average Bonchev–Trinajstić information content (AvgIpc) is 3.19. The third kappa shape index (κ3) is 5.69. The number of ether oxygens (including phenoxy) is 1. The Morgan fingerprint density at radius 3 is 2.48 bits per heavy atom. The van der Waals surface area contributed by atoms with Crippen LogP contribution in [-0.4, -0.2) is 50.8 Å². The second-order valence-corrected chi connectivity index (χ2v) is 8.00. The Morgan fingerprint density at radius 2 is 1.81 bits per heavy atom. The summed E-state index contributed by atoms with van der Waals surface area (Å²) in [7, 11) is 1.86. The molecule has 3 rings (SSSR count). The summed E-state index contributed by atoms with van der Waals surface area (Å²) in [6.45, 7) is 8.87. The summed E-state index contributed by atoms with van der Waals surface area (Å²) in [5.74, 6) is 0.913. The van der Waals surface area contributed by atoms with Gasteiger partial charge in [-0.1, -0.05) is 44.0 Å². The Kier molecular flexibility index (Phi) is 7.53. The minimum atomic E-state index is 0.464. The van der Waals surface area contributed by atoms with Crippen LogP contribution >= 0.6 is 0 Å². The van der Waals surface area contributed by atoms with Crippen molar-refractivity contribution in [2.45, 2.75) is 52.1 Å². The van der Waals surface area contributed by atoms with Gasteiger partial charge in [0.2, 0.25) is 0 Å². The molecule has 0 unspecified atom stereocenters. The Labute approximate surface area is 164 Å². The molecule has 0 spiro atoms. The highest BCUT2D eigenvalue weighted by Gasteiger charge is 2.31. The van der Waals surface area contributed by atoms with Gasteiger partial charge in [0, 0.05) is 39.8 Å². The number of nitrogens with zero attached hydrogens (tertiary/aromatic N) is 2. The smallest absolute Gasteiger partial charge is 0.191 e. The van der Waals surface area contributed by atoms with E-state index in [1.807, 2.05) is 7.05 Å². The van der Waals surface area contributed by atoms with E-state index < -0.39 is 0 Å². The second kappa shape index (κ2) is 10.1. The molecule has 0 atom stereocenters. The minimum Gasteiger partial charge on any atom is -0.379 e. The fourth-order valence-electron chi connectivity index (χ4n) is 4.34. The van der Waals surface area contributed by atoms with Gasteiger partial charge in [0.15, 0.2) is 5.96 Å². The van der Waals surface area contributed by atoms with E-state index in [1.165, 1.54) is 43.2 Å². The van der Waals surface area contributed by atoms with E-state index in [2.05, 4.69) is 51.7 Å². The minimum absolute atomic E-state index is 0.464. The van der Waals surface area contributed by atoms with E-state index in [-0.39, 0.29) is 0 Å². The van der Waals surface area contributed by atoms with E-state index in [1.54, 1.807) is 0 Å². The van der Waals surface area contributed by atoms with Crippen LogP contribution in [0.4, 0.5) is 0 Å². The van der Waals surface area contributed by atoms with Gasteiger partial charge in [0.25, 0.3) is 0 Å². The standard InChI is InChI=1S/C22H36N4O/c1-3-22(10-6-7-11-22)18-25-21(23-2)24-16-19-8-4-5-9-20(19)17-26-12-14-27-15-13-26/h4-5,8-9H,3,6-7,10-18H2,1-2H3,(H2,23,24,25). The summed E-state index contributed by atoms with van der Waals surface area (Å²) in [4.78, 5) is 6.92. The van der Waals surface area contributed by atoms with E-state index in [9.17, 15) is 0 Å². The molecule has 5 nitrogen and oxygen atoms in total. The van der Waals surface area contributed by atoms with E-state index in [4.69, 9.17) is 4.74 Å². The van der Waals surface area contributed by atoms with Crippen LogP contribution in [0.1, 0.15) is 50.2 Å². The van der Waals surface area contributed by atoms with Crippen molar-refractivity contribution in [3.05, 3.63) is 35.4 Å². The highest BCUT2D eigenvalue weighted by Crippen LogP contribution is 2.40. The number of nitrogens with one attached hydrogen (secondary N) is 2. The van der Waals surface area contributed by atoms with E-state index >= 15 is 0 Å². The van der Waals surface area contributed by atoms with Gasteiger partial charge in [-0.2, -0.15) is 0 Å². The maximum atomic E-state index is 5.47. The molecule has 1 saturated carbocycles. The summed E-state index contributed by atoms with van der Waals surface area (Å²) >= 11 is 0. The maximum absolute atomic E-state index is 5.47. The zero-order valence-electron chi connectivity index (χ0n) is 17.1. The molecule has 150 valence electrons. The SMILES string of the molecule is CCC1(CNC(=NC)NCc2ccccc2CN2CCOCC2)CCCC1. The van der Waals surface area contributed by atoms with Gasteiger partial charge in [-0.15, -0.1) is 0 Å². The first-order chi connectivity index (χ1) is 13.2. The molecule has 1 aliphatic heterocycles. The van der Waals surface area contributed by atoms with Crippen molar-refractivity contribution in [3.63, 3.8) is 0 Å². The zero-order chi connectivity index (χ0) is 19.0. The van der Waals surface area contributed by atoms with Crippen LogP contribution in [0.15, 0.2) is 29.3 Å². The highest BCUT2D eigenvalue weighted by atomic mass is 16.5. The highest BCUT2D eigenvalue weighted by molar-refractivity contribution is 5.79. The molecule has 1 aromatic rings. The molecule has 0 bridgehead atoms. The molecule has 2 aliphatic rings. The molecule has 1 aromatic carbocycles. The summed E-state index contributed by atoms with van der Waals surface area (Å²) in [6.07, 6.45) is 6.68. The van der Waals surface area contributed by atoms with E-state index in [0.717, 1.165) is 51.9 Å². The predicted octanol–water partition coefficient (Wildman–Crippen LogP) is 3.15. The number of hydrogen-bond acceptors (Lipinski definition) is 3. The quantitative estimate of drug-likeness (QED) is 0.570. The first-order valence-electron chi connectivity index (χ1n) is 10.6. The first kappa shape index (κ1) is 20.2. The number of hydrogen-bond donors (Lipinski definition) is 2. The fourth-order valence-corrected chi connectivity index (χ4v) is 4.34. The lowest BCUT2D eigenvalue weighted by Crippen LogP contribution is -2.42. The topological polar surface area (TPSA) is 48.9 Å². The second-order valence-electron chi connectivity index (χ2n) is 8.00. The monoisotopic (exact) mass is 372 g/mol. The molecule has 27 heavy (non-hydrogen) atoms. The van der Waals surface area contributed by atoms with Crippen LogP contribution in [0.2, 0.25) is 0 Å². The third-order valence-electron chi connectivity index (χ3n) is 6.33. The van der Waals surface area contributed by atoms with Gasteiger partial charge in [-0.25, -0.2) is 0 Å². The van der Waals surface area contributed by atoms with Gasteiger partial charge in [0.05, 0.1) is 13.2 Å². The molecular weight excluding hydrogens is 336 g/mol. The molecule has 2 N–H and O–H groups in total. The Morgan fingerprint density at radius 1 is 1.11 bits per heavy atom. The average molecular weight is 373 g/mol. The lowest BCUT2D eigenvalue weighted by atomic mass is 9.83. The molecule has 1 saturated heterocycles. The summed E-state index contributed by atoms with van der Waals surface area (Å²) in [5.41, 5.74) is 3.20. The lowest BCUT2D eigenvalue weighted by molar-refractivity contribution is 0.0341. The Balaban J connectivity index is 1.53. The maximum Gasteiger partial charge on any atom is 0.191 e. The van der Waals surface area contributed by atoms with Crippen molar-refractivity contribution in [1.29, 1.82) is 0 Å². The Hall–Kier alpha value is -1.59. The molecule has 0 amide bonds. The molecule has 0 radical (unpaired) electrons. The molecule has 5 heteroatoms. The van der Waals surface area contributed by atoms with Crippen molar-refractivity contribution < 1.29 is 4.74 Å². The normalized spacial score (nSPS) is 20.6. The van der Waals surface area contributed by atoms with Crippen LogP contribution in [0.3, 0.4) is 0 Å². The van der Waals surface area contributed by atoms with Crippen molar-refractivity contribution in [2.75, 3.05) is 39.9 Å². The number of guanidine groups is 1. The molecule has 2 fully saturated rings. The first-order valence-corrected chi connectivity index (χ1v) is 10.6. The van der Waals surface area contributed by atoms with Crippen molar-refractivity contribution in [1.82, 2.24) is 15.5 Å². The van der Waals surface area contributed by atoms with Crippen LogP contribution in [0, 0.1) is 5.41 Å². The van der Waals surface area contributed by atoms with Crippen molar-refractivity contribution in [2.24, 2.45) is 10.4 Å². The molecule has 1 heterocycles. The fraction of sp³-hybridized carbons (Fsp3) is 0.682. The largest absolute Gasteiger partial charge is 0.379 e. The van der Waals surface area contributed by atoms with Gasteiger partial charge < -0.3 is 15.4 Å². The van der Waals surface area contributed by atoms with Crippen molar-refractivity contribution >= 4 is 5.96 Å². The summed E-state index contributed by atoms with van der Waals surface area (Å²) in [5, 5.41) is 7.11. The summed E-state index contributed by atoms with van der Waals surface area (Å²) < 4.78 is 5.47. The zero-order valence-corrected chi connectivity index (χ0v) is 17.1. The third-order valence-corrected chi connectivity index (χ3v) is 6.33. The van der Waals surface area contributed by atoms with Crippen LogP contribution < -0.4 is 10.6 Å². The Bertz CT molecular complexity index is 604. The summed E-state index contributed by atoms with van der Waals surface area (Å²) in [6, 6.07) is 8.73. The number of rotatable bonds is 7. The van der Waals surface area contributed by atoms with Gasteiger partial charge in [-0.3, -0.25) is 9.89 Å². The molecule has 0 aromatic heterocycles. The van der Waals surface area contributed by atoms with Gasteiger partial charge >= 0.3 is 0 Å². The van der Waals surface area contributed by atoms with Crippen molar-refractivity contribution in [3.8, 4) is 0 Å². The van der Waals surface area contributed by atoms with Gasteiger partial charge in [0.1, 0.15) is 0 Å². The van der Waals surface area contributed by atoms with Crippen LogP contribution in [0.25, 0.3) is 0 Å². The molecular formula is C22H36N4O. The van der Waals surface area contributed by atoms with Crippen LogP contribution in [0.5, 0.6) is 0 Å². The predicted molar refractivity (Wildman–Crippen MR) is 112 cm³/mol. The van der Waals surface area contributed by atoms with Gasteiger partial charge in [-0.05, 0) is 35.8 Å². The van der Waals surface area contributed by atoms with Crippen LogP contribution in [-0.2, 0) is 17.8 Å². The molecule has 1 aliphatic carbocycles. The number of aliphatic imine (C=N–C) groups is 1. The number of morpholine rings is 1. The van der Waals surface area contributed by atoms with E-state index in [0.29, 0.717) is 5.41 Å². The lowest BCUT2D eigenvalue weighted by Gasteiger charge is -2.29.